The van der Waals surface area contributed by atoms with Gasteiger partial charge in [-0.3, -0.25) is 14.9 Å². The van der Waals surface area contributed by atoms with Gasteiger partial charge in [0.1, 0.15) is 14.1 Å². The van der Waals surface area contributed by atoms with Crippen molar-refractivity contribution in [3.05, 3.63) is 39.9 Å². The lowest BCUT2D eigenvalue weighted by atomic mass is 10.1. The predicted octanol–water partition coefficient (Wildman–Crippen LogP) is 3.22. The summed E-state index contributed by atoms with van der Waals surface area (Å²) in [4.78, 5) is 33.8. The van der Waals surface area contributed by atoms with E-state index >= 15 is 0 Å². The van der Waals surface area contributed by atoms with Gasteiger partial charge in [0.05, 0.1) is 4.92 Å². The SMILES string of the molecule is CC(C)(C)[Si](C)(C)C#CC[C@@H](NC(=O)c1cccc([N+](=O)[O-])c1)C(=O)O. The number of amides is 1. The number of hydrogen-bond donors (Lipinski definition) is 2. The molecule has 7 nitrogen and oxygen atoms in total. The van der Waals surface area contributed by atoms with Crippen molar-refractivity contribution in [2.45, 2.75) is 51.4 Å². The van der Waals surface area contributed by atoms with Crippen LogP contribution in [0.25, 0.3) is 0 Å². The molecule has 1 rings (SSSR count). The largest absolute Gasteiger partial charge is 0.480 e. The van der Waals surface area contributed by atoms with E-state index in [1.54, 1.807) is 0 Å². The number of benzene rings is 1. The smallest absolute Gasteiger partial charge is 0.327 e. The second-order valence-corrected chi connectivity index (χ2v) is 12.6. The van der Waals surface area contributed by atoms with Crippen LogP contribution in [-0.2, 0) is 4.79 Å². The standard InChI is InChI=1S/C18H24N2O5Si/c1-18(2,3)26(4,5)11-7-10-15(17(22)23)19-16(21)13-8-6-9-14(12-13)20(24)25/h6,8-9,12,15H,10H2,1-5H3,(H,19,21)(H,22,23)/t15-/m1/s1. The first-order valence-corrected chi connectivity index (χ1v) is 11.1. The number of carbonyl (C=O) groups is 2. The van der Waals surface area contributed by atoms with E-state index in [1.165, 1.54) is 18.2 Å². The highest BCUT2D eigenvalue weighted by molar-refractivity contribution is 6.87. The van der Waals surface area contributed by atoms with Gasteiger partial charge in [-0.1, -0.05) is 39.9 Å². The van der Waals surface area contributed by atoms with Crippen LogP contribution in [0.15, 0.2) is 24.3 Å². The van der Waals surface area contributed by atoms with E-state index in [4.69, 9.17) is 0 Å². The zero-order chi connectivity index (χ0) is 20.1. The highest BCUT2D eigenvalue weighted by Crippen LogP contribution is 2.35. The first-order chi connectivity index (χ1) is 11.8. The molecule has 0 aliphatic carbocycles. The number of nitrogens with zero attached hydrogens (tertiary/aromatic N) is 1. The number of nitro groups is 1. The van der Waals surface area contributed by atoms with Crippen molar-refractivity contribution in [3.8, 4) is 11.5 Å². The maximum Gasteiger partial charge on any atom is 0.327 e. The molecular formula is C18H24N2O5Si. The van der Waals surface area contributed by atoms with Crippen molar-refractivity contribution < 1.29 is 19.6 Å². The quantitative estimate of drug-likeness (QED) is 0.355. The Bertz CT molecular complexity index is 772. The van der Waals surface area contributed by atoms with Crippen molar-refractivity contribution in [2.75, 3.05) is 0 Å². The van der Waals surface area contributed by atoms with Crippen molar-refractivity contribution in [1.82, 2.24) is 5.32 Å². The molecule has 140 valence electrons. The van der Waals surface area contributed by atoms with Gasteiger partial charge in [-0.05, 0) is 11.1 Å². The topological polar surface area (TPSA) is 110 Å². The van der Waals surface area contributed by atoms with Gasteiger partial charge in [0.2, 0.25) is 0 Å². The minimum Gasteiger partial charge on any atom is -0.480 e. The van der Waals surface area contributed by atoms with Crippen molar-refractivity contribution in [2.24, 2.45) is 0 Å². The molecule has 0 spiro atoms. The molecule has 0 aromatic heterocycles. The minimum atomic E-state index is -1.87. The molecule has 0 bridgehead atoms. The molecule has 1 aromatic carbocycles. The van der Waals surface area contributed by atoms with Crippen molar-refractivity contribution >= 4 is 25.6 Å². The molecule has 0 fully saturated rings. The van der Waals surface area contributed by atoms with E-state index in [2.05, 4.69) is 50.6 Å². The number of hydrogen-bond acceptors (Lipinski definition) is 4. The molecule has 1 aromatic rings. The maximum atomic E-state index is 12.2. The van der Waals surface area contributed by atoms with Crippen LogP contribution in [0.2, 0.25) is 18.1 Å². The molecule has 0 aliphatic rings. The third-order valence-corrected chi connectivity index (χ3v) is 9.06. The number of nitrogens with one attached hydrogen (secondary N) is 1. The van der Waals surface area contributed by atoms with Crippen LogP contribution in [0.3, 0.4) is 0 Å². The summed E-state index contributed by atoms with van der Waals surface area (Å²) >= 11 is 0. The number of carboxylic acid groups (broad SMARTS) is 1. The van der Waals surface area contributed by atoms with Crippen LogP contribution in [0.4, 0.5) is 5.69 Å². The summed E-state index contributed by atoms with van der Waals surface area (Å²) in [5.74, 6) is 1.02. The average molecular weight is 376 g/mol. The van der Waals surface area contributed by atoms with Gasteiger partial charge in [-0.15, -0.1) is 11.5 Å². The summed E-state index contributed by atoms with van der Waals surface area (Å²) in [5, 5.41) is 22.5. The normalized spacial score (nSPS) is 12.5. The number of nitro benzene ring substituents is 1. The van der Waals surface area contributed by atoms with Crippen LogP contribution < -0.4 is 5.32 Å². The van der Waals surface area contributed by atoms with E-state index in [0.29, 0.717) is 0 Å². The molecule has 0 radical (unpaired) electrons. The predicted molar refractivity (Wildman–Crippen MR) is 102 cm³/mol. The fraction of sp³-hybridized carbons (Fsp3) is 0.444. The summed E-state index contributed by atoms with van der Waals surface area (Å²) < 4.78 is 0. The maximum absolute atomic E-state index is 12.2. The summed E-state index contributed by atoms with van der Waals surface area (Å²) in [6.07, 6.45) is -0.0253. The molecule has 0 saturated carbocycles. The van der Waals surface area contributed by atoms with Gasteiger partial charge in [0.25, 0.3) is 11.6 Å². The van der Waals surface area contributed by atoms with Gasteiger partial charge in [-0.25, -0.2) is 4.79 Å². The molecule has 0 saturated heterocycles. The molecule has 26 heavy (non-hydrogen) atoms. The Morgan fingerprint density at radius 3 is 2.46 bits per heavy atom. The molecule has 2 N–H and O–H groups in total. The van der Waals surface area contributed by atoms with Crippen LogP contribution in [0, 0.1) is 21.6 Å². The van der Waals surface area contributed by atoms with E-state index in [0.717, 1.165) is 6.07 Å². The van der Waals surface area contributed by atoms with Gasteiger partial charge in [0.15, 0.2) is 0 Å². The number of aliphatic carboxylic acids is 1. The van der Waals surface area contributed by atoms with Gasteiger partial charge < -0.3 is 10.4 Å². The first-order valence-electron chi connectivity index (χ1n) is 8.13. The fourth-order valence-electron chi connectivity index (χ4n) is 1.76. The lowest BCUT2D eigenvalue weighted by Gasteiger charge is -2.31. The molecule has 0 heterocycles. The zero-order valence-corrected chi connectivity index (χ0v) is 16.6. The minimum absolute atomic E-state index is 0.0253. The summed E-state index contributed by atoms with van der Waals surface area (Å²) in [6, 6.07) is 3.95. The lowest BCUT2D eigenvalue weighted by Crippen LogP contribution is -2.41. The number of non-ortho nitro benzene ring substituents is 1. The zero-order valence-electron chi connectivity index (χ0n) is 15.6. The first kappa shape index (κ1) is 21.4. The Balaban J connectivity index is 2.90. The summed E-state index contributed by atoms with van der Waals surface area (Å²) in [7, 11) is -1.87. The Morgan fingerprint density at radius 1 is 1.35 bits per heavy atom. The molecule has 8 heteroatoms. The second-order valence-electron chi connectivity index (χ2n) is 7.55. The van der Waals surface area contributed by atoms with E-state index < -0.39 is 30.9 Å². The van der Waals surface area contributed by atoms with Crippen molar-refractivity contribution in [3.63, 3.8) is 0 Å². The van der Waals surface area contributed by atoms with E-state index in [9.17, 15) is 24.8 Å². The Kier molecular flexibility index (Phi) is 6.70. The van der Waals surface area contributed by atoms with Gasteiger partial charge >= 0.3 is 5.97 Å². The van der Waals surface area contributed by atoms with Gasteiger partial charge in [-0.2, -0.15) is 0 Å². The highest BCUT2D eigenvalue weighted by Gasteiger charge is 2.33. The average Bonchev–Trinajstić information content (AvgIpc) is 2.52. The van der Waals surface area contributed by atoms with Crippen LogP contribution in [0.1, 0.15) is 37.6 Å². The highest BCUT2D eigenvalue weighted by atomic mass is 28.3. The monoisotopic (exact) mass is 376 g/mol. The third kappa shape index (κ3) is 5.70. The van der Waals surface area contributed by atoms with Crippen LogP contribution in [-0.4, -0.2) is 36.0 Å². The van der Waals surface area contributed by atoms with Crippen molar-refractivity contribution in [1.29, 1.82) is 0 Å². The molecule has 0 unspecified atom stereocenters. The lowest BCUT2D eigenvalue weighted by molar-refractivity contribution is -0.384. The van der Waals surface area contributed by atoms with Crippen LogP contribution in [0.5, 0.6) is 0 Å². The van der Waals surface area contributed by atoms with E-state index in [-0.39, 0.29) is 22.7 Å². The molecule has 0 aliphatic heterocycles. The van der Waals surface area contributed by atoms with Gasteiger partial charge in [0, 0.05) is 24.1 Å². The number of carbonyl (C=O) groups excluding carboxylic acids is 1. The molecule has 1 atom stereocenters. The summed E-state index contributed by atoms with van der Waals surface area (Å²) in [5.41, 5.74) is 3.00. The molecular weight excluding hydrogens is 352 g/mol. The Labute approximate surface area is 154 Å². The third-order valence-electron chi connectivity index (χ3n) is 4.50. The number of carboxylic acids is 1. The number of rotatable bonds is 5. The Hall–Kier alpha value is -2.66. The Morgan fingerprint density at radius 2 is 1.96 bits per heavy atom. The molecule has 1 amide bonds. The summed E-state index contributed by atoms with van der Waals surface area (Å²) in [6.45, 7) is 10.5. The fourth-order valence-corrected chi connectivity index (χ4v) is 2.68. The van der Waals surface area contributed by atoms with Crippen LogP contribution >= 0.6 is 0 Å². The van der Waals surface area contributed by atoms with E-state index in [1.807, 2.05) is 0 Å². The second kappa shape index (κ2) is 8.14.